The van der Waals surface area contributed by atoms with Crippen molar-refractivity contribution in [3.63, 3.8) is 0 Å². The van der Waals surface area contributed by atoms with Crippen LogP contribution in [0.1, 0.15) is 29.8 Å². The van der Waals surface area contributed by atoms with Crippen molar-refractivity contribution < 1.29 is 4.79 Å². The normalized spacial score (nSPS) is 21.1. The molecule has 4 heterocycles. The van der Waals surface area contributed by atoms with Gasteiger partial charge in [-0.25, -0.2) is 9.67 Å². The zero-order chi connectivity index (χ0) is 19.5. The average molecular weight is 383 g/mol. The van der Waals surface area contributed by atoms with Gasteiger partial charge in [-0.2, -0.15) is 5.10 Å². The molecule has 0 spiro atoms. The molecule has 0 bridgehead atoms. The standard InChI is InChI=1S/C21H30N6O/c1-16-19(17(2)27(24-16)20-7-3-4-8-23-20)15-25-11-5-6-18(14-25)21(28)26-12-9-22-10-13-26/h3-4,7-8,18,22H,5-6,9-15H2,1-2H3. The Labute approximate surface area is 166 Å². The maximum absolute atomic E-state index is 12.9. The number of amides is 1. The Balaban J connectivity index is 1.45. The Hall–Kier alpha value is -2.25. The van der Waals surface area contributed by atoms with Crippen molar-refractivity contribution >= 4 is 5.91 Å². The van der Waals surface area contributed by atoms with Gasteiger partial charge < -0.3 is 10.2 Å². The van der Waals surface area contributed by atoms with Crippen LogP contribution in [0.2, 0.25) is 0 Å². The Morgan fingerprint density at radius 2 is 2.04 bits per heavy atom. The predicted octanol–water partition coefficient (Wildman–Crippen LogP) is 1.53. The summed E-state index contributed by atoms with van der Waals surface area (Å²) in [6, 6.07) is 5.88. The number of piperazine rings is 1. The summed E-state index contributed by atoms with van der Waals surface area (Å²) in [5, 5.41) is 8.04. The van der Waals surface area contributed by atoms with E-state index in [0.717, 1.165) is 75.9 Å². The fraction of sp³-hybridized carbons (Fsp3) is 0.571. The van der Waals surface area contributed by atoms with Gasteiger partial charge in [-0.1, -0.05) is 6.07 Å². The van der Waals surface area contributed by atoms with E-state index >= 15 is 0 Å². The van der Waals surface area contributed by atoms with Crippen molar-refractivity contribution in [1.29, 1.82) is 0 Å². The summed E-state index contributed by atoms with van der Waals surface area (Å²) >= 11 is 0. The van der Waals surface area contributed by atoms with E-state index in [9.17, 15) is 4.79 Å². The highest BCUT2D eigenvalue weighted by Gasteiger charge is 2.30. The zero-order valence-corrected chi connectivity index (χ0v) is 16.9. The van der Waals surface area contributed by atoms with E-state index in [1.54, 1.807) is 6.20 Å². The monoisotopic (exact) mass is 382 g/mol. The smallest absolute Gasteiger partial charge is 0.227 e. The van der Waals surface area contributed by atoms with Gasteiger partial charge in [0.05, 0.1) is 11.6 Å². The number of nitrogens with zero attached hydrogens (tertiary/aromatic N) is 5. The Kier molecular flexibility index (Phi) is 5.73. The van der Waals surface area contributed by atoms with Crippen molar-refractivity contribution in [2.75, 3.05) is 39.3 Å². The number of aryl methyl sites for hydroxylation is 1. The number of carbonyl (C=O) groups is 1. The average Bonchev–Trinajstić information content (AvgIpc) is 3.03. The van der Waals surface area contributed by atoms with E-state index in [0.29, 0.717) is 5.91 Å². The number of aromatic nitrogens is 3. The Morgan fingerprint density at radius 1 is 1.21 bits per heavy atom. The maximum atomic E-state index is 12.9. The number of hydrogen-bond donors (Lipinski definition) is 1. The zero-order valence-electron chi connectivity index (χ0n) is 16.9. The fourth-order valence-electron chi connectivity index (χ4n) is 4.37. The highest BCUT2D eigenvalue weighted by Crippen LogP contribution is 2.24. The number of rotatable bonds is 4. The third kappa shape index (κ3) is 3.95. The molecule has 0 radical (unpaired) electrons. The second kappa shape index (κ2) is 8.41. The van der Waals surface area contributed by atoms with Crippen LogP contribution in [0.5, 0.6) is 0 Å². The van der Waals surface area contributed by atoms with E-state index in [-0.39, 0.29) is 5.92 Å². The maximum Gasteiger partial charge on any atom is 0.227 e. The van der Waals surface area contributed by atoms with E-state index in [4.69, 9.17) is 5.10 Å². The molecular weight excluding hydrogens is 352 g/mol. The molecule has 2 aromatic rings. The van der Waals surface area contributed by atoms with Gasteiger partial charge in [-0.15, -0.1) is 0 Å². The van der Waals surface area contributed by atoms with Crippen molar-refractivity contribution in [2.24, 2.45) is 5.92 Å². The molecule has 28 heavy (non-hydrogen) atoms. The molecule has 1 N–H and O–H groups in total. The summed E-state index contributed by atoms with van der Waals surface area (Å²) in [7, 11) is 0. The van der Waals surface area contributed by atoms with Crippen LogP contribution in [0.15, 0.2) is 24.4 Å². The van der Waals surface area contributed by atoms with Gasteiger partial charge in [0.2, 0.25) is 5.91 Å². The minimum atomic E-state index is 0.123. The minimum absolute atomic E-state index is 0.123. The lowest BCUT2D eigenvalue weighted by Crippen LogP contribution is -2.51. The number of piperidine rings is 1. The predicted molar refractivity (Wildman–Crippen MR) is 108 cm³/mol. The van der Waals surface area contributed by atoms with Crippen molar-refractivity contribution in [1.82, 2.24) is 29.9 Å². The molecule has 2 fully saturated rings. The quantitative estimate of drug-likeness (QED) is 0.869. The molecule has 0 aliphatic carbocycles. The summed E-state index contributed by atoms with van der Waals surface area (Å²) < 4.78 is 1.93. The van der Waals surface area contributed by atoms with Crippen LogP contribution in [0.3, 0.4) is 0 Å². The lowest BCUT2D eigenvalue weighted by Gasteiger charge is -2.36. The van der Waals surface area contributed by atoms with Gasteiger partial charge in [0.1, 0.15) is 0 Å². The fourth-order valence-corrected chi connectivity index (χ4v) is 4.37. The van der Waals surface area contributed by atoms with Crippen LogP contribution in [0.4, 0.5) is 0 Å². The number of likely N-dealkylation sites (tertiary alicyclic amines) is 1. The van der Waals surface area contributed by atoms with Crippen LogP contribution in [-0.4, -0.2) is 69.7 Å². The van der Waals surface area contributed by atoms with Gasteiger partial charge in [0.15, 0.2) is 5.82 Å². The van der Waals surface area contributed by atoms with Gasteiger partial charge in [0.25, 0.3) is 0 Å². The van der Waals surface area contributed by atoms with E-state index in [1.165, 1.54) is 5.56 Å². The van der Waals surface area contributed by atoms with Crippen molar-refractivity contribution in [2.45, 2.75) is 33.2 Å². The highest BCUT2D eigenvalue weighted by molar-refractivity contribution is 5.79. The molecule has 1 amide bonds. The van der Waals surface area contributed by atoms with Crippen LogP contribution in [0, 0.1) is 19.8 Å². The third-order valence-corrected chi connectivity index (χ3v) is 5.97. The molecule has 150 valence electrons. The molecule has 2 saturated heterocycles. The van der Waals surface area contributed by atoms with Crippen LogP contribution < -0.4 is 5.32 Å². The van der Waals surface area contributed by atoms with Gasteiger partial charge >= 0.3 is 0 Å². The van der Waals surface area contributed by atoms with E-state index < -0.39 is 0 Å². The SMILES string of the molecule is Cc1nn(-c2ccccn2)c(C)c1CN1CCCC(C(=O)N2CCNCC2)C1. The van der Waals surface area contributed by atoms with Crippen LogP contribution in [0.25, 0.3) is 5.82 Å². The number of pyridine rings is 1. The first kappa shape index (κ1) is 19.1. The summed E-state index contributed by atoms with van der Waals surface area (Å²) in [6.45, 7) is 10.4. The molecule has 0 saturated carbocycles. The molecule has 7 nitrogen and oxygen atoms in total. The van der Waals surface area contributed by atoms with Crippen LogP contribution in [-0.2, 0) is 11.3 Å². The molecule has 1 unspecified atom stereocenters. The first-order chi connectivity index (χ1) is 13.6. The molecule has 1 atom stereocenters. The lowest BCUT2D eigenvalue weighted by atomic mass is 9.95. The number of nitrogens with one attached hydrogen (secondary N) is 1. The van der Waals surface area contributed by atoms with Crippen LogP contribution >= 0.6 is 0 Å². The highest BCUT2D eigenvalue weighted by atomic mass is 16.2. The Bertz CT molecular complexity index is 812. The third-order valence-electron chi connectivity index (χ3n) is 5.97. The summed E-state index contributed by atoms with van der Waals surface area (Å²) in [6.07, 6.45) is 3.88. The van der Waals surface area contributed by atoms with E-state index in [2.05, 4.69) is 29.0 Å². The van der Waals surface area contributed by atoms with Gasteiger partial charge in [0, 0.05) is 56.7 Å². The molecular formula is C21H30N6O. The summed E-state index contributed by atoms with van der Waals surface area (Å²) in [5.74, 6) is 1.31. The second-order valence-electron chi connectivity index (χ2n) is 7.90. The van der Waals surface area contributed by atoms with E-state index in [1.807, 2.05) is 27.8 Å². The summed E-state index contributed by atoms with van der Waals surface area (Å²) in [5.41, 5.74) is 3.42. The first-order valence-electron chi connectivity index (χ1n) is 10.3. The number of hydrogen-bond acceptors (Lipinski definition) is 5. The van der Waals surface area contributed by atoms with Crippen molar-refractivity contribution in [3.05, 3.63) is 41.3 Å². The Morgan fingerprint density at radius 3 is 2.79 bits per heavy atom. The lowest BCUT2D eigenvalue weighted by molar-refractivity contribution is -0.138. The molecule has 2 aliphatic rings. The first-order valence-corrected chi connectivity index (χ1v) is 10.3. The van der Waals surface area contributed by atoms with Crippen molar-refractivity contribution in [3.8, 4) is 5.82 Å². The minimum Gasteiger partial charge on any atom is -0.340 e. The molecule has 2 aliphatic heterocycles. The number of carbonyl (C=O) groups excluding carboxylic acids is 1. The molecule has 0 aromatic carbocycles. The molecule has 4 rings (SSSR count). The largest absolute Gasteiger partial charge is 0.340 e. The van der Waals surface area contributed by atoms with Gasteiger partial charge in [-0.3, -0.25) is 9.69 Å². The molecule has 7 heteroatoms. The molecule has 2 aromatic heterocycles. The van der Waals surface area contributed by atoms with Gasteiger partial charge in [-0.05, 0) is 45.4 Å². The summed E-state index contributed by atoms with van der Waals surface area (Å²) in [4.78, 5) is 21.8. The topological polar surface area (TPSA) is 66.3 Å². The second-order valence-corrected chi connectivity index (χ2v) is 7.90.